The van der Waals surface area contributed by atoms with Crippen molar-refractivity contribution in [2.45, 2.75) is 13.3 Å². The van der Waals surface area contributed by atoms with Gasteiger partial charge in [0.2, 0.25) is 0 Å². The summed E-state index contributed by atoms with van der Waals surface area (Å²) in [6, 6.07) is 0. The molecule has 0 aromatic carbocycles. The van der Waals surface area contributed by atoms with Crippen LogP contribution in [0.4, 0.5) is 0 Å². The maximum atomic E-state index is 10.7. The van der Waals surface area contributed by atoms with E-state index in [0.29, 0.717) is 5.57 Å². The molecular formula is C8H13NO3. The Hall–Kier alpha value is -1.03. The second kappa shape index (κ2) is 3.58. The monoisotopic (exact) mass is 171 g/mol. The Morgan fingerprint density at radius 2 is 2.08 bits per heavy atom. The van der Waals surface area contributed by atoms with Gasteiger partial charge in [0.1, 0.15) is 5.70 Å². The van der Waals surface area contributed by atoms with E-state index in [2.05, 4.69) is 0 Å². The summed E-state index contributed by atoms with van der Waals surface area (Å²) in [6.45, 7) is 3.04. The predicted molar refractivity (Wildman–Crippen MR) is 43.6 cm³/mol. The van der Waals surface area contributed by atoms with Gasteiger partial charge in [0.15, 0.2) is 0 Å². The molecule has 0 unspecified atom stereocenters. The number of hydrogen-bond donors (Lipinski definition) is 2. The van der Waals surface area contributed by atoms with E-state index in [1.54, 1.807) is 11.8 Å². The van der Waals surface area contributed by atoms with Crippen LogP contribution in [0.3, 0.4) is 0 Å². The summed E-state index contributed by atoms with van der Waals surface area (Å²) < 4.78 is 0. The van der Waals surface area contributed by atoms with Gasteiger partial charge in [-0.3, -0.25) is 0 Å². The lowest BCUT2D eigenvalue weighted by molar-refractivity contribution is -0.135. The van der Waals surface area contributed by atoms with Crippen LogP contribution in [0.5, 0.6) is 0 Å². The minimum absolute atomic E-state index is 0.182. The summed E-state index contributed by atoms with van der Waals surface area (Å²) >= 11 is 0. The number of aliphatic hydroxyl groups excluding tert-OH is 1. The van der Waals surface area contributed by atoms with Gasteiger partial charge in [0.05, 0.1) is 6.61 Å². The highest BCUT2D eigenvalue weighted by Crippen LogP contribution is 2.17. The van der Waals surface area contributed by atoms with Gasteiger partial charge in [-0.2, -0.15) is 0 Å². The van der Waals surface area contributed by atoms with Gasteiger partial charge in [-0.05, 0) is 18.9 Å². The summed E-state index contributed by atoms with van der Waals surface area (Å²) in [5.74, 6) is -0.943. The van der Waals surface area contributed by atoms with E-state index in [1.807, 2.05) is 0 Å². The minimum Gasteiger partial charge on any atom is -0.477 e. The van der Waals surface area contributed by atoms with E-state index in [9.17, 15) is 4.79 Å². The van der Waals surface area contributed by atoms with E-state index in [0.717, 1.165) is 19.5 Å². The molecule has 2 N–H and O–H groups in total. The van der Waals surface area contributed by atoms with Gasteiger partial charge >= 0.3 is 5.97 Å². The number of likely N-dealkylation sites (tertiary alicyclic amines) is 1. The van der Waals surface area contributed by atoms with Gasteiger partial charge in [0, 0.05) is 13.1 Å². The van der Waals surface area contributed by atoms with E-state index >= 15 is 0 Å². The van der Waals surface area contributed by atoms with E-state index in [4.69, 9.17) is 10.2 Å². The maximum absolute atomic E-state index is 10.7. The number of carboxylic acid groups (broad SMARTS) is 1. The molecule has 4 heteroatoms. The topological polar surface area (TPSA) is 60.8 Å². The molecule has 0 atom stereocenters. The van der Waals surface area contributed by atoms with Crippen molar-refractivity contribution >= 4 is 5.97 Å². The number of hydrogen-bond acceptors (Lipinski definition) is 3. The minimum atomic E-state index is -0.943. The van der Waals surface area contributed by atoms with Crippen molar-refractivity contribution in [3.8, 4) is 0 Å². The first kappa shape index (κ1) is 9.06. The van der Waals surface area contributed by atoms with Gasteiger partial charge in [-0.15, -0.1) is 0 Å². The lowest BCUT2D eigenvalue weighted by Crippen LogP contribution is -2.39. The second-order valence-corrected chi connectivity index (χ2v) is 2.93. The average molecular weight is 171 g/mol. The number of rotatable bonds is 3. The molecule has 1 rings (SSSR count). The molecule has 4 nitrogen and oxygen atoms in total. The Kier molecular flexibility index (Phi) is 2.70. The Labute approximate surface area is 71.1 Å². The average Bonchev–Trinajstić information content (AvgIpc) is 1.94. The first-order valence-electron chi connectivity index (χ1n) is 3.95. The molecule has 0 aliphatic carbocycles. The van der Waals surface area contributed by atoms with Crippen LogP contribution in [0.1, 0.15) is 13.3 Å². The molecule has 0 saturated carbocycles. The van der Waals surface area contributed by atoms with Crippen molar-refractivity contribution in [1.29, 1.82) is 0 Å². The molecule has 0 radical (unpaired) electrons. The van der Waals surface area contributed by atoms with Crippen molar-refractivity contribution in [3.05, 3.63) is 11.3 Å². The maximum Gasteiger partial charge on any atom is 0.352 e. The lowest BCUT2D eigenvalue weighted by atomic mass is 10.1. The Balaban J connectivity index is 2.79. The Morgan fingerprint density at radius 1 is 1.50 bits per heavy atom. The van der Waals surface area contributed by atoms with E-state index in [-0.39, 0.29) is 12.3 Å². The van der Waals surface area contributed by atoms with Gasteiger partial charge in [0.25, 0.3) is 0 Å². The molecule has 1 aliphatic rings. The molecule has 12 heavy (non-hydrogen) atoms. The van der Waals surface area contributed by atoms with E-state index < -0.39 is 5.97 Å². The van der Waals surface area contributed by atoms with E-state index in [1.165, 1.54) is 0 Å². The fraction of sp³-hybridized carbons (Fsp3) is 0.625. The highest BCUT2D eigenvalue weighted by molar-refractivity contribution is 5.87. The second-order valence-electron chi connectivity index (χ2n) is 2.93. The van der Waals surface area contributed by atoms with Crippen LogP contribution in [0.15, 0.2) is 11.3 Å². The van der Waals surface area contributed by atoms with Gasteiger partial charge < -0.3 is 15.1 Å². The van der Waals surface area contributed by atoms with Crippen molar-refractivity contribution in [1.82, 2.24) is 4.90 Å². The third-order valence-electron chi connectivity index (χ3n) is 2.02. The summed E-state index contributed by atoms with van der Waals surface area (Å²) in [7, 11) is 0. The summed E-state index contributed by atoms with van der Waals surface area (Å²) in [6.07, 6.45) is 1.04. The van der Waals surface area contributed by atoms with Crippen molar-refractivity contribution in [2.24, 2.45) is 0 Å². The number of carboxylic acids is 1. The van der Waals surface area contributed by atoms with Crippen LogP contribution < -0.4 is 0 Å². The first-order chi connectivity index (χ1) is 5.66. The summed E-state index contributed by atoms with van der Waals surface area (Å²) in [5.41, 5.74) is 0.797. The molecule has 68 valence electrons. The zero-order valence-corrected chi connectivity index (χ0v) is 7.08. The number of nitrogens with zero attached hydrogens (tertiary/aromatic N) is 1. The molecule has 0 spiro atoms. The van der Waals surface area contributed by atoms with Crippen LogP contribution in [-0.4, -0.2) is 40.8 Å². The molecular weight excluding hydrogens is 158 g/mol. The third-order valence-corrected chi connectivity index (χ3v) is 2.02. The fourth-order valence-electron chi connectivity index (χ4n) is 1.20. The summed E-state index contributed by atoms with van der Waals surface area (Å²) in [4.78, 5) is 12.5. The van der Waals surface area contributed by atoms with Crippen LogP contribution in [-0.2, 0) is 4.79 Å². The quantitative estimate of drug-likeness (QED) is 0.589. The number of carbonyl (C=O) groups is 1. The molecule has 1 aliphatic heterocycles. The number of aliphatic carboxylic acids is 1. The SMILES string of the molecule is C/C(CO)=C(\C(=O)O)N1CCC1. The molecule has 0 bridgehead atoms. The number of aliphatic hydroxyl groups is 1. The molecule has 0 amide bonds. The highest BCUT2D eigenvalue weighted by Gasteiger charge is 2.23. The fourth-order valence-corrected chi connectivity index (χ4v) is 1.20. The molecule has 1 heterocycles. The van der Waals surface area contributed by atoms with Crippen molar-refractivity contribution < 1.29 is 15.0 Å². The zero-order valence-electron chi connectivity index (χ0n) is 7.08. The van der Waals surface area contributed by atoms with Crippen LogP contribution in [0, 0.1) is 0 Å². The Bertz CT molecular complexity index is 218. The molecule has 0 aromatic rings. The third kappa shape index (κ3) is 1.58. The lowest BCUT2D eigenvalue weighted by Gasteiger charge is -2.34. The highest BCUT2D eigenvalue weighted by atomic mass is 16.4. The van der Waals surface area contributed by atoms with Crippen molar-refractivity contribution in [3.63, 3.8) is 0 Å². The smallest absolute Gasteiger partial charge is 0.352 e. The van der Waals surface area contributed by atoms with Gasteiger partial charge in [-0.1, -0.05) is 0 Å². The zero-order chi connectivity index (χ0) is 9.14. The van der Waals surface area contributed by atoms with Crippen LogP contribution >= 0.6 is 0 Å². The van der Waals surface area contributed by atoms with Gasteiger partial charge in [-0.25, -0.2) is 4.79 Å². The Morgan fingerprint density at radius 3 is 2.33 bits per heavy atom. The molecule has 0 aromatic heterocycles. The first-order valence-corrected chi connectivity index (χ1v) is 3.95. The molecule has 1 saturated heterocycles. The largest absolute Gasteiger partial charge is 0.477 e. The summed E-state index contributed by atoms with van der Waals surface area (Å²) in [5, 5.41) is 17.6. The normalized spacial score (nSPS) is 18.3. The van der Waals surface area contributed by atoms with Crippen molar-refractivity contribution in [2.75, 3.05) is 19.7 Å². The van der Waals surface area contributed by atoms with Crippen LogP contribution in [0.25, 0.3) is 0 Å². The molecule has 1 fully saturated rings. The van der Waals surface area contributed by atoms with Crippen LogP contribution in [0.2, 0.25) is 0 Å². The predicted octanol–water partition coefficient (Wildman–Crippen LogP) is 0.0430. The standard InChI is InChI=1S/C8H13NO3/c1-6(5-10)7(8(11)12)9-3-2-4-9/h10H,2-5H2,1H3,(H,11,12)/b7-6-.